The highest BCUT2D eigenvalue weighted by Gasteiger charge is 2.13. The van der Waals surface area contributed by atoms with Crippen LogP contribution in [0.5, 0.6) is 5.88 Å². The fourth-order valence-electron chi connectivity index (χ4n) is 3.15. The predicted molar refractivity (Wildman–Crippen MR) is 110 cm³/mol. The normalized spacial score (nSPS) is 11.6. The van der Waals surface area contributed by atoms with Gasteiger partial charge in [0.2, 0.25) is 5.88 Å². The van der Waals surface area contributed by atoms with E-state index in [0.717, 1.165) is 37.3 Å². The molecule has 0 aliphatic heterocycles. The number of carbonyl (C=O) groups is 1. The third-order valence-corrected chi connectivity index (χ3v) is 5.37. The maximum Gasteiger partial charge on any atom is 0.269 e. The number of azo groups is 1. The first kappa shape index (κ1) is 17.4. The first-order valence-electron chi connectivity index (χ1n) is 8.45. The molecule has 0 aliphatic carbocycles. The van der Waals surface area contributed by atoms with Crippen LogP contribution in [0, 0.1) is 6.92 Å². The molecule has 3 aromatic carbocycles. The standard InChI is InChI=1S/C21H16BrN3O2/c1-12-9-16-18(11-17(12)22)23-21(27)20(16)25-24-19(26)10-14-7-4-6-13-5-2-3-8-15(13)14/h2-9,11,23,27H,10H2,1H3. The van der Waals surface area contributed by atoms with Crippen molar-refractivity contribution in [2.45, 2.75) is 13.3 Å². The largest absolute Gasteiger partial charge is 0.493 e. The molecular weight excluding hydrogens is 406 g/mol. The molecule has 4 rings (SSSR count). The molecule has 0 saturated carbocycles. The fraction of sp³-hybridized carbons (Fsp3) is 0.0952. The van der Waals surface area contributed by atoms with Gasteiger partial charge in [-0.25, -0.2) is 0 Å². The highest BCUT2D eigenvalue weighted by atomic mass is 79.9. The zero-order valence-corrected chi connectivity index (χ0v) is 16.1. The van der Waals surface area contributed by atoms with Gasteiger partial charge < -0.3 is 10.1 Å². The van der Waals surface area contributed by atoms with Crippen molar-refractivity contribution in [3.63, 3.8) is 0 Å². The lowest BCUT2D eigenvalue weighted by molar-refractivity contribution is -0.117. The number of aromatic hydroxyl groups is 1. The van der Waals surface area contributed by atoms with Crippen LogP contribution in [0.15, 0.2) is 69.3 Å². The lowest BCUT2D eigenvalue weighted by Crippen LogP contribution is -1.98. The van der Waals surface area contributed by atoms with Crippen LogP contribution < -0.4 is 0 Å². The first-order valence-corrected chi connectivity index (χ1v) is 9.24. The Morgan fingerprint density at radius 1 is 1.11 bits per heavy atom. The predicted octanol–water partition coefficient (Wildman–Crippen LogP) is 5.95. The van der Waals surface area contributed by atoms with E-state index in [9.17, 15) is 9.90 Å². The number of halogens is 1. The number of fused-ring (bicyclic) bond motifs is 2. The maximum absolute atomic E-state index is 12.4. The van der Waals surface area contributed by atoms with Gasteiger partial charge in [-0.3, -0.25) is 4.79 Å². The van der Waals surface area contributed by atoms with Crippen molar-refractivity contribution in [2.24, 2.45) is 10.2 Å². The number of nitrogens with one attached hydrogen (secondary N) is 1. The van der Waals surface area contributed by atoms with Crippen LogP contribution in [0.25, 0.3) is 21.7 Å². The number of aryl methyl sites for hydroxylation is 1. The Balaban J connectivity index is 1.63. The number of hydrogen-bond acceptors (Lipinski definition) is 3. The van der Waals surface area contributed by atoms with Crippen LogP contribution in [-0.2, 0) is 11.2 Å². The zero-order valence-electron chi connectivity index (χ0n) is 14.5. The summed E-state index contributed by atoms with van der Waals surface area (Å²) in [6, 6.07) is 17.5. The van der Waals surface area contributed by atoms with E-state index in [-0.39, 0.29) is 23.9 Å². The second-order valence-corrected chi connectivity index (χ2v) is 7.23. The minimum Gasteiger partial charge on any atom is -0.493 e. The number of rotatable bonds is 3. The summed E-state index contributed by atoms with van der Waals surface area (Å²) in [5.74, 6) is -0.474. The zero-order chi connectivity index (χ0) is 19.0. The van der Waals surface area contributed by atoms with E-state index < -0.39 is 0 Å². The van der Waals surface area contributed by atoms with Gasteiger partial charge in [-0.1, -0.05) is 58.4 Å². The minimum atomic E-state index is -0.367. The third-order valence-electron chi connectivity index (χ3n) is 4.51. The molecule has 0 unspecified atom stereocenters. The molecule has 1 heterocycles. The Morgan fingerprint density at radius 3 is 2.74 bits per heavy atom. The van der Waals surface area contributed by atoms with Crippen molar-refractivity contribution in [3.8, 4) is 5.88 Å². The molecule has 2 N–H and O–H groups in total. The maximum atomic E-state index is 12.4. The van der Waals surface area contributed by atoms with E-state index in [4.69, 9.17) is 0 Å². The molecule has 0 aliphatic rings. The highest BCUT2D eigenvalue weighted by molar-refractivity contribution is 9.10. The number of benzene rings is 3. The van der Waals surface area contributed by atoms with Gasteiger partial charge in [-0.15, -0.1) is 10.2 Å². The molecule has 6 heteroatoms. The van der Waals surface area contributed by atoms with Gasteiger partial charge in [-0.05, 0) is 41.0 Å². The van der Waals surface area contributed by atoms with E-state index in [2.05, 4.69) is 31.1 Å². The quantitative estimate of drug-likeness (QED) is 0.400. The smallest absolute Gasteiger partial charge is 0.269 e. The van der Waals surface area contributed by atoms with Crippen LogP contribution in [0.4, 0.5) is 5.69 Å². The number of amides is 1. The Morgan fingerprint density at radius 2 is 1.89 bits per heavy atom. The van der Waals surface area contributed by atoms with Crippen LogP contribution in [0.1, 0.15) is 11.1 Å². The average Bonchev–Trinajstić information content (AvgIpc) is 2.95. The SMILES string of the molecule is Cc1cc2c(N=NC(=O)Cc3cccc4ccccc34)c(O)[nH]c2cc1Br. The Hall–Kier alpha value is -2.99. The van der Waals surface area contributed by atoms with E-state index in [1.165, 1.54) is 0 Å². The number of hydrogen-bond donors (Lipinski definition) is 2. The number of aromatic nitrogens is 1. The molecule has 27 heavy (non-hydrogen) atoms. The van der Waals surface area contributed by atoms with Crippen molar-refractivity contribution in [1.29, 1.82) is 0 Å². The van der Waals surface area contributed by atoms with Gasteiger partial charge in [0.1, 0.15) is 0 Å². The Bertz CT molecular complexity index is 1210. The van der Waals surface area contributed by atoms with E-state index in [1.807, 2.05) is 61.5 Å². The Kier molecular flexibility index (Phi) is 4.49. The summed E-state index contributed by atoms with van der Waals surface area (Å²) in [5.41, 5.74) is 2.90. The lowest BCUT2D eigenvalue weighted by Gasteiger charge is -2.03. The summed E-state index contributed by atoms with van der Waals surface area (Å²) in [6.07, 6.45) is 0.151. The van der Waals surface area contributed by atoms with Crippen LogP contribution in [0.3, 0.4) is 0 Å². The molecule has 1 aromatic heterocycles. The monoisotopic (exact) mass is 421 g/mol. The average molecular weight is 422 g/mol. The topological polar surface area (TPSA) is 77.8 Å². The van der Waals surface area contributed by atoms with Gasteiger partial charge in [0, 0.05) is 9.86 Å². The summed E-state index contributed by atoms with van der Waals surface area (Å²) >= 11 is 3.46. The molecule has 0 fully saturated rings. The van der Waals surface area contributed by atoms with Gasteiger partial charge in [0.25, 0.3) is 5.91 Å². The summed E-state index contributed by atoms with van der Waals surface area (Å²) in [7, 11) is 0. The summed E-state index contributed by atoms with van der Waals surface area (Å²) < 4.78 is 0.923. The van der Waals surface area contributed by atoms with Crippen LogP contribution in [0.2, 0.25) is 0 Å². The second-order valence-electron chi connectivity index (χ2n) is 6.38. The van der Waals surface area contributed by atoms with Crippen molar-refractivity contribution in [3.05, 3.63) is 70.2 Å². The molecule has 0 atom stereocenters. The van der Waals surface area contributed by atoms with Crippen molar-refractivity contribution >= 4 is 49.2 Å². The Labute approximate surface area is 163 Å². The number of carbonyl (C=O) groups excluding carboxylic acids is 1. The highest BCUT2D eigenvalue weighted by Crippen LogP contribution is 2.37. The molecular formula is C21H16BrN3O2. The third kappa shape index (κ3) is 3.36. The summed E-state index contributed by atoms with van der Waals surface area (Å²) in [5, 5.41) is 20.8. The van der Waals surface area contributed by atoms with Gasteiger partial charge in [0.05, 0.1) is 11.9 Å². The minimum absolute atomic E-state index is 0.107. The van der Waals surface area contributed by atoms with Gasteiger partial charge in [-0.2, -0.15) is 0 Å². The van der Waals surface area contributed by atoms with Gasteiger partial charge in [0.15, 0.2) is 5.69 Å². The van der Waals surface area contributed by atoms with E-state index in [1.54, 1.807) is 0 Å². The molecule has 0 spiro atoms. The number of H-pyrrole nitrogens is 1. The molecule has 5 nitrogen and oxygen atoms in total. The van der Waals surface area contributed by atoms with Crippen molar-refractivity contribution < 1.29 is 9.90 Å². The second kappa shape index (κ2) is 6.96. The number of aromatic amines is 1. The van der Waals surface area contributed by atoms with Crippen LogP contribution >= 0.6 is 15.9 Å². The van der Waals surface area contributed by atoms with Crippen LogP contribution in [-0.4, -0.2) is 16.0 Å². The summed E-state index contributed by atoms with van der Waals surface area (Å²) in [4.78, 5) is 15.2. The van der Waals surface area contributed by atoms with Crippen molar-refractivity contribution in [1.82, 2.24) is 4.98 Å². The van der Waals surface area contributed by atoms with E-state index >= 15 is 0 Å². The van der Waals surface area contributed by atoms with Crippen molar-refractivity contribution in [2.75, 3.05) is 0 Å². The molecule has 134 valence electrons. The van der Waals surface area contributed by atoms with Gasteiger partial charge >= 0.3 is 0 Å². The molecule has 4 aromatic rings. The number of nitrogens with zero attached hydrogens (tertiary/aromatic N) is 2. The first-order chi connectivity index (χ1) is 13.0. The lowest BCUT2D eigenvalue weighted by atomic mass is 10.0. The molecule has 0 bridgehead atoms. The molecule has 1 amide bonds. The molecule has 0 saturated heterocycles. The molecule has 0 radical (unpaired) electrons. The fourth-order valence-corrected chi connectivity index (χ4v) is 3.49. The summed E-state index contributed by atoms with van der Waals surface area (Å²) in [6.45, 7) is 1.94. The van der Waals surface area contributed by atoms with E-state index in [0.29, 0.717) is 0 Å².